The van der Waals surface area contributed by atoms with Crippen LogP contribution in [0, 0.1) is 0 Å². The number of carbonyl (C=O) groups excluding carboxylic acids is 2. The van der Waals surface area contributed by atoms with Crippen LogP contribution in [0.2, 0.25) is 0 Å². The molecule has 8 heteroatoms. The molecule has 2 rings (SSSR count). The Morgan fingerprint density at radius 3 is 2.67 bits per heavy atom. The fourth-order valence-electron chi connectivity index (χ4n) is 2.73. The van der Waals surface area contributed by atoms with Gasteiger partial charge in [0.2, 0.25) is 5.91 Å². The van der Waals surface area contributed by atoms with Gasteiger partial charge in [-0.25, -0.2) is 0 Å². The number of nitrogens with one attached hydrogen (secondary N) is 2. The maximum atomic E-state index is 12.9. The Balaban J connectivity index is 1.97. The average molecular weight is 343 g/mol. The first kappa shape index (κ1) is 18.3. The van der Waals surface area contributed by atoms with E-state index in [-0.39, 0.29) is 18.5 Å². The van der Waals surface area contributed by atoms with Gasteiger partial charge >= 0.3 is 6.18 Å². The van der Waals surface area contributed by atoms with Crippen LogP contribution in [-0.2, 0) is 11.0 Å². The van der Waals surface area contributed by atoms with Crippen LogP contribution in [0.15, 0.2) is 24.3 Å². The van der Waals surface area contributed by atoms with Crippen molar-refractivity contribution in [2.24, 2.45) is 0 Å². The number of nitrogens with zero attached hydrogens (tertiary/aromatic N) is 1. The van der Waals surface area contributed by atoms with E-state index in [9.17, 15) is 22.8 Å². The van der Waals surface area contributed by atoms with E-state index in [0.717, 1.165) is 25.0 Å². The number of hydrogen-bond donors (Lipinski definition) is 2. The first-order valence-corrected chi connectivity index (χ1v) is 7.72. The van der Waals surface area contributed by atoms with Gasteiger partial charge in [0.15, 0.2) is 0 Å². The van der Waals surface area contributed by atoms with Gasteiger partial charge in [0.1, 0.15) is 0 Å². The lowest BCUT2D eigenvalue weighted by atomic mass is 10.1. The third kappa shape index (κ3) is 4.47. The summed E-state index contributed by atoms with van der Waals surface area (Å²) in [5.74, 6) is -1.20. The van der Waals surface area contributed by atoms with Gasteiger partial charge in [-0.3, -0.25) is 9.59 Å². The standard InChI is InChI=1S/C16H20F3N3O2/c1-20-11-5-4-8-22(10-11)14(23)9-21-15(24)12-6-2-3-7-13(12)16(17,18)19/h2-3,6-7,11,20H,4-5,8-10H2,1H3,(H,21,24). The zero-order valence-corrected chi connectivity index (χ0v) is 13.3. The highest BCUT2D eigenvalue weighted by atomic mass is 19.4. The van der Waals surface area contributed by atoms with Crippen LogP contribution >= 0.6 is 0 Å². The molecule has 1 aromatic rings. The monoisotopic (exact) mass is 343 g/mol. The van der Waals surface area contributed by atoms with Gasteiger partial charge in [0.05, 0.1) is 17.7 Å². The molecule has 5 nitrogen and oxygen atoms in total. The normalized spacial score (nSPS) is 18.3. The van der Waals surface area contributed by atoms with Crippen molar-refractivity contribution in [1.82, 2.24) is 15.5 Å². The summed E-state index contributed by atoms with van der Waals surface area (Å²) in [6, 6.07) is 4.72. The number of likely N-dealkylation sites (N-methyl/N-ethyl adjacent to an activating group) is 1. The SMILES string of the molecule is CNC1CCCN(C(=O)CNC(=O)c2ccccc2C(F)(F)F)C1. The molecule has 0 saturated carbocycles. The average Bonchev–Trinajstić information content (AvgIpc) is 2.58. The molecule has 1 saturated heterocycles. The maximum Gasteiger partial charge on any atom is 0.417 e. The van der Waals surface area contributed by atoms with E-state index in [1.54, 1.807) is 4.90 Å². The van der Waals surface area contributed by atoms with Crippen molar-refractivity contribution in [3.63, 3.8) is 0 Å². The summed E-state index contributed by atoms with van der Waals surface area (Å²) < 4.78 is 38.8. The molecule has 1 unspecified atom stereocenters. The fourth-order valence-corrected chi connectivity index (χ4v) is 2.73. The molecular formula is C16H20F3N3O2. The Morgan fingerprint density at radius 2 is 2.00 bits per heavy atom. The zero-order valence-electron chi connectivity index (χ0n) is 13.3. The van der Waals surface area contributed by atoms with Crippen LogP contribution in [0.4, 0.5) is 13.2 Å². The van der Waals surface area contributed by atoms with E-state index in [1.165, 1.54) is 12.1 Å². The third-order valence-electron chi connectivity index (χ3n) is 4.06. The quantitative estimate of drug-likeness (QED) is 0.874. The number of piperidine rings is 1. The summed E-state index contributed by atoms with van der Waals surface area (Å²) in [6.07, 6.45) is -2.81. The first-order chi connectivity index (χ1) is 11.3. The molecule has 1 atom stereocenters. The predicted molar refractivity (Wildman–Crippen MR) is 82.4 cm³/mol. The number of alkyl halides is 3. The molecule has 1 aliphatic rings. The highest BCUT2D eigenvalue weighted by molar-refractivity contribution is 5.97. The minimum atomic E-state index is -4.62. The maximum absolute atomic E-state index is 12.9. The molecule has 1 heterocycles. The fraction of sp³-hybridized carbons (Fsp3) is 0.500. The zero-order chi connectivity index (χ0) is 17.7. The molecule has 0 radical (unpaired) electrons. The van der Waals surface area contributed by atoms with Crippen molar-refractivity contribution in [1.29, 1.82) is 0 Å². The minimum absolute atomic E-state index is 0.198. The summed E-state index contributed by atoms with van der Waals surface area (Å²) >= 11 is 0. The molecule has 1 aromatic carbocycles. The van der Waals surface area contributed by atoms with Crippen LogP contribution in [0.1, 0.15) is 28.8 Å². The number of carbonyl (C=O) groups is 2. The van der Waals surface area contributed by atoms with Gasteiger partial charge in [0.25, 0.3) is 5.91 Å². The molecule has 0 spiro atoms. The minimum Gasteiger partial charge on any atom is -0.343 e. The number of hydrogen-bond acceptors (Lipinski definition) is 3. The lowest BCUT2D eigenvalue weighted by Gasteiger charge is -2.32. The van der Waals surface area contributed by atoms with E-state index in [4.69, 9.17) is 0 Å². The summed E-state index contributed by atoms with van der Waals surface area (Å²) in [7, 11) is 1.81. The largest absolute Gasteiger partial charge is 0.417 e. The van der Waals surface area contributed by atoms with Crippen molar-refractivity contribution in [3.05, 3.63) is 35.4 Å². The van der Waals surface area contributed by atoms with Crippen molar-refractivity contribution >= 4 is 11.8 Å². The summed E-state index contributed by atoms with van der Waals surface area (Å²) in [4.78, 5) is 25.8. The first-order valence-electron chi connectivity index (χ1n) is 7.72. The molecule has 2 amide bonds. The van der Waals surface area contributed by atoms with Crippen LogP contribution in [-0.4, -0.2) is 49.4 Å². The van der Waals surface area contributed by atoms with E-state index in [0.29, 0.717) is 13.1 Å². The highest BCUT2D eigenvalue weighted by Gasteiger charge is 2.35. The molecular weight excluding hydrogens is 323 g/mol. The summed E-state index contributed by atoms with van der Waals surface area (Å²) in [6.45, 7) is 0.803. The number of benzene rings is 1. The van der Waals surface area contributed by atoms with E-state index in [1.807, 2.05) is 7.05 Å². The van der Waals surface area contributed by atoms with Crippen molar-refractivity contribution in [3.8, 4) is 0 Å². The van der Waals surface area contributed by atoms with Crippen molar-refractivity contribution in [2.75, 3.05) is 26.7 Å². The molecule has 1 aliphatic heterocycles. The second kappa shape index (κ2) is 7.65. The molecule has 24 heavy (non-hydrogen) atoms. The second-order valence-electron chi connectivity index (χ2n) is 5.69. The van der Waals surface area contributed by atoms with E-state index >= 15 is 0 Å². The van der Waals surface area contributed by atoms with Gasteiger partial charge < -0.3 is 15.5 Å². The van der Waals surface area contributed by atoms with Crippen LogP contribution in [0.25, 0.3) is 0 Å². The Kier molecular flexibility index (Phi) is 5.82. The Bertz CT molecular complexity index is 604. The van der Waals surface area contributed by atoms with E-state index in [2.05, 4.69) is 10.6 Å². The highest BCUT2D eigenvalue weighted by Crippen LogP contribution is 2.31. The lowest BCUT2D eigenvalue weighted by molar-refractivity contribution is -0.137. The number of rotatable bonds is 4. The van der Waals surface area contributed by atoms with Crippen molar-refractivity contribution in [2.45, 2.75) is 25.1 Å². The third-order valence-corrected chi connectivity index (χ3v) is 4.06. The van der Waals surface area contributed by atoms with Gasteiger partial charge in [-0.15, -0.1) is 0 Å². The number of halogens is 3. The Labute approximate surface area is 138 Å². The lowest BCUT2D eigenvalue weighted by Crippen LogP contribution is -2.49. The molecule has 132 valence electrons. The van der Waals surface area contributed by atoms with Crippen LogP contribution in [0.3, 0.4) is 0 Å². The van der Waals surface area contributed by atoms with Crippen molar-refractivity contribution < 1.29 is 22.8 Å². The summed E-state index contributed by atoms with van der Waals surface area (Å²) in [5.41, 5.74) is -1.49. The predicted octanol–water partition coefficient (Wildman–Crippen LogP) is 1.65. The summed E-state index contributed by atoms with van der Waals surface area (Å²) in [5, 5.41) is 5.39. The second-order valence-corrected chi connectivity index (χ2v) is 5.69. The Hall–Kier alpha value is -2.09. The topological polar surface area (TPSA) is 61.4 Å². The molecule has 0 bridgehead atoms. The molecule has 1 fully saturated rings. The van der Waals surface area contributed by atoms with Gasteiger partial charge in [-0.05, 0) is 32.0 Å². The van der Waals surface area contributed by atoms with Gasteiger partial charge in [-0.1, -0.05) is 12.1 Å². The number of likely N-dealkylation sites (tertiary alicyclic amines) is 1. The molecule has 0 aromatic heterocycles. The van der Waals surface area contributed by atoms with Gasteiger partial charge in [-0.2, -0.15) is 13.2 Å². The van der Waals surface area contributed by atoms with Crippen LogP contribution < -0.4 is 10.6 Å². The molecule has 2 N–H and O–H groups in total. The van der Waals surface area contributed by atoms with E-state index < -0.39 is 23.2 Å². The van der Waals surface area contributed by atoms with Crippen LogP contribution in [0.5, 0.6) is 0 Å². The molecule has 0 aliphatic carbocycles. The van der Waals surface area contributed by atoms with Gasteiger partial charge in [0, 0.05) is 19.1 Å². The smallest absolute Gasteiger partial charge is 0.343 e. The number of amides is 2. The Morgan fingerprint density at radius 1 is 1.29 bits per heavy atom.